The molecule has 122 valence electrons. The molecular weight excluding hydrogens is 282 g/mol. The highest BCUT2D eigenvalue weighted by atomic mass is 16.3. The second kappa shape index (κ2) is 8.63. The van der Waals surface area contributed by atoms with E-state index >= 15 is 0 Å². The van der Waals surface area contributed by atoms with Gasteiger partial charge in [0.2, 0.25) is 11.8 Å². The van der Waals surface area contributed by atoms with Crippen molar-refractivity contribution in [3.63, 3.8) is 0 Å². The van der Waals surface area contributed by atoms with Crippen LogP contribution >= 0.6 is 0 Å². The number of hydrogen-bond donors (Lipinski definition) is 2. The monoisotopic (exact) mass is 307 g/mol. The number of carbonyl (C=O) groups is 3. The van der Waals surface area contributed by atoms with Gasteiger partial charge in [-0.1, -0.05) is 30.7 Å². The van der Waals surface area contributed by atoms with Gasteiger partial charge >= 0.3 is 0 Å². The van der Waals surface area contributed by atoms with Crippen LogP contribution in [0.15, 0.2) is 23.8 Å². The Hall–Kier alpha value is -1.75. The van der Waals surface area contributed by atoms with E-state index in [2.05, 4.69) is 5.32 Å². The number of piperidine rings is 1. The fourth-order valence-electron chi connectivity index (χ4n) is 2.71. The van der Waals surface area contributed by atoms with Crippen LogP contribution in [0.5, 0.6) is 0 Å². The Kier molecular flexibility index (Phi) is 7.18. The molecular formula is C17H25NO4. The van der Waals surface area contributed by atoms with Crippen molar-refractivity contribution in [3.05, 3.63) is 23.8 Å². The lowest BCUT2D eigenvalue weighted by atomic mass is 9.88. The van der Waals surface area contributed by atoms with Gasteiger partial charge in [-0.25, -0.2) is 0 Å². The third kappa shape index (κ3) is 6.35. The third-order valence-electron chi connectivity index (χ3n) is 3.72. The second-order valence-corrected chi connectivity index (χ2v) is 6.00. The van der Waals surface area contributed by atoms with E-state index < -0.39 is 6.10 Å². The minimum atomic E-state index is -0.811. The molecule has 5 nitrogen and oxygen atoms in total. The van der Waals surface area contributed by atoms with Crippen LogP contribution in [0.25, 0.3) is 0 Å². The van der Waals surface area contributed by atoms with E-state index in [9.17, 15) is 19.5 Å². The van der Waals surface area contributed by atoms with Crippen molar-refractivity contribution in [1.82, 2.24) is 5.32 Å². The van der Waals surface area contributed by atoms with Gasteiger partial charge in [-0.15, -0.1) is 0 Å². The van der Waals surface area contributed by atoms with E-state index in [1.807, 2.05) is 32.1 Å². The van der Waals surface area contributed by atoms with Crippen molar-refractivity contribution in [2.45, 2.75) is 52.6 Å². The number of ketones is 1. The molecule has 0 bridgehead atoms. The number of aliphatic hydroxyl groups is 1. The summed E-state index contributed by atoms with van der Waals surface area (Å²) in [4.78, 5) is 34.7. The number of amides is 2. The number of allylic oxidation sites excluding steroid dienone is 4. The van der Waals surface area contributed by atoms with Crippen molar-refractivity contribution < 1.29 is 19.5 Å². The number of Topliss-reactive ketones (excluding diaryl/α,β-unsaturated/α-hetero) is 1. The average molecular weight is 307 g/mol. The first-order valence-corrected chi connectivity index (χ1v) is 7.66. The molecule has 0 saturated carbocycles. The number of carbonyl (C=O) groups excluding carboxylic acids is 3. The number of rotatable bonds is 7. The van der Waals surface area contributed by atoms with Crippen LogP contribution in [-0.2, 0) is 14.4 Å². The average Bonchev–Trinajstić information content (AvgIpc) is 2.36. The van der Waals surface area contributed by atoms with Gasteiger partial charge in [0, 0.05) is 25.2 Å². The minimum absolute atomic E-state index is 0.0389. The summed E-state index contributed by atoms with van der Waals surface area (Å²) in [6, 6.07) is 0. The molecule has 0 spiro atoms. The number of hydrogen-bond acceptors (Lipinski definition) is 4. The molecule has 0 unspecified atom stereocenters. The van der Waals surface area contributed by atoms with Crippen LogP contribution in [0.1, 0.15) is 46.5 Å². The fraction of sp³-hybridized carbons (Fsp3) is 0.588. The molecule has 2 N–H and O–H groups in total. The zero-order valence-corrected chi connectivity index (χ0v) is 13.5. The van der Waals surface area contributed by atoms with Crippen LogP contribution in [0.4, 0.5) is 0 Å². The normalized spacial score (nSPS) is 20.1. The topological polar surface area (TPSA) is 83.5 Å². The molecule has 0 aliphatic carbocycles. The second-order valence-electron chi connectivity index (χ2n) is 6.00. The van der Waals surface area contributed by atoms with Gasteiger partial charge in [-0.3, -0.25) is 19.7 Å². The molecule has 2 amide bonds. The van der Waals surface area contributed by atoms with E-state index in [1.165, 1.54) is 0 Å². The quantitative estimate of drug-likeness (QED) is 0.556. The van der Waals surface area contributed by atoms with Gasteiger partial charge in [0.15, 0.2) is 0 Å². The summed E-state index contributed by atoms with van der Waals surface area (Å²) in [6.07, 6.45) is 5.69. The van der Waals surface area contributed by atoms with Gasteiger partial charge in [0.25, 0.3) is 0 Å². The van der Waals surface area contributed by atoms with Crippen molar-refractivity contribution in [1.29, 1.82) is 0 Å². The highest BCUT2D eigenvalue weighted by Crippen LogP contribution is 2.21. The SMILES string of the molecule is C/C=C\C(C)=C\[C@@H](C)C(=O)C[C@@H](O)CC1CC(=O)NC(=O)C1. The maximum absolute atomic E-state index is 12.1. The highest BCUT2D eigenvalue weighted by Gasteiger charge is 2.27. The van der Waals surface area contributed by atoms with Gasteiger partial charge in [-0.2, -0.15) is 0 Å². The van der Waals surface area contributed by atoms with E-state index in [0.29, 0.717) is 6.42 Å². The van der Waals surface area contributed by atoms with Gasteiger partial charge < -0.3 is 5.11 Å². The maximum atomic E-state index is 12.1. The van der Waals surface area contributed by atoms with E-state index in [1.54, 1.807) is 6.92 Å². The Balaban J connectivity index is 2.48. The summed E-state index contributed by atoms with van der Waals surface area (Å²) < 4.78 is 0. The Morgan fingerprint density at radius 1 is 1.36 bits per heavy atom. The molecule has 0 radical (unpaired) electrons. The Bertz CT molecular complexity index is 477. The molecule has 0 aromatic heterocycles. The Morgan fingerprint density at radius 3 is 2.50 bits per heavy atom. The first-order valence-electron chi connectivity index (χ1n) is 7.66. The van der Waals surface area contributed by atoms with Crippen molar-refractivity contribution >= 4 is 17.6 Å². The smallest absolute Gasteiger partial charge is 0.226 e. The van der Waals surface area contributed by atoms with Crippen LogP contribution < -0.4 is 5.32 Å². The molecule has 1 heterocycles. The zero-order valence-electron chi connectivity index (χ0n) is 13.5. The van der Waals surface area contributed by atoms with Crippen molar-refractivity contribution in [3.8, 4) is 0 Å². The highest BCUT2D eigenvalue weighted by molar-refractivity contribution is 5.97. The van der Waals surface area contributed by atoms with Crippen molar-refractivity contribution in [2.24, 2.45) is 11.8 Å². The summed E-state index contributed by atoms with van der Waals surface area (Å²) in [5.41, 5.74) is 1.01. The third-order valence-corrected chi connectivity index (χ3v) is 3.72. The van der Waals surface area contributed by atoms with E-state index in [4.69, 9.17) is 0 Å². The molecule has 1 fully saturated rings. The Labute approximate surface area is 131 Å². The lowest BCUT2D eigenvalue weighted by Crippen LogP contribution is -2.39. The molecule has 22 heavy (non-hydrogen) atoms. The number of imide groups is 1. The molecule has 1 saturated heterocycles. The molecule has 5 heteroatoms. The predicted molar refractivity (Wildman–Crippen MR) is 83.9 cm³/mol. The maximum Gasteiger partial charge on any atom is 0.226 e. The molecule has 1 aliphatic heterocycles. The molecule has 0 aromatic carbocycles. The van der Waals surface area contributed by atoms with Gasteiger partial charge in [0.05, 0.1) is 6.10 Å². The summed E-state index contributed by atoms with van der Waals surface area (Å²) in [7, 11) is 0. The van der Waals surface area contributed by atoms with Crippen LogP contribution in [0.3, 0.4) is 0 Å². The molecule has 2 atom stereocenters. The molecule has 1 aliphatic rings. The summed E-state index contributed by atoms with van der Waals surface area (Å²) in [6.45, 7) is 5.64. The fourth-order valence-corrected chi connectivity index (χ4v) is 2.71. The van der Waals surface area contributed by atoms with E-state index in [0.717, 1.165) is 5.57 Å². The lowest BCUT2D eigenvalue weighted by molar-refractivity contribution is -0.135. The molecule has 0 aromatic rings. The van der Waals surface area contributed by atoms with Crippen LogP contribution in [-0.4, -0.2) is 28.8 Å². The predicted octanol–water partition coefficient (Wildman–Crippen LogP) is 1.91. The summed E-state index contributed by atoms with van der Waals surface area (Å²) in [5, 5.41) is 12.3. The minimum Gasteiger partial charge on any atom is -0.393 e. The summed E-state index contributed by atoms with van der Waals surface area (Å²) in [5.74, 6) is -1.10. The first-order chi connectivity index (χ1) is 10.3. The standard InChI is InChI=1S/C17H25NO4/c1-4-5-11(2)6-12(3)15(20)10-14(19)7-13-8-16(21)18-17(22)9-13/h4-6,12-14,19H,7-10H2,1-3H3,(H,18,21,22)/b5-4-,11-6+/t12-,14+/m1/s1. The van der Waals surface area contributed by atoms with Gasteiger partial charge in [0.1, 0.15) is 5.78 Å². The zero-order chi connectivity index (χ0) is 16.7. The number of aliphatic hydroxyl groups excluding tert-OH is 1. The number of nitrogens with one attached hydrogen (secondary N) is 1. The largest absolute Gasteiger partial charge is 0.393 e. The Morgan fingerprint density at radius 2 is 1.95 bits per heavy atom. The first kappa shape index (κ1) is 18.3. The van der Waals surface area contributed by atoms with E-state index in [-0.39, 0.29) is 48.7 Å². The van der Waals surface area contributed by atoms with Gasteiger partial charge in [-0.05, 0) is 26.2 Å². The van der Waals surface area contributed by atoms with Crippen LogP contribution in [0.2, 0.25) is 0 Å². The lowest BCUT2D eigenvalue weighted by Gasteiger charge is -2.23. The van der Waals surface area contributed by atoms with Crippen LogP contribution in [0, 0.1) is 11.8 Å². The van der Waals surface area contributed by atoms with Crippen molar-refractivity contribution in [2.75, 3.05) is 0 Å². The summed E-state index contributed by atoms with van der Waals surface area (Å²) >= 11 is 0. The molecule has 1 rings (SSSR count).